The van der Waals surface area contributed by atoms with E-state index in [9.17, 15) is 5.11 Å². The molecule has 1 saturated heterocycles. The normalized spacial score (nSPS) is 25.4. The van der Waals surface area contributed by atoms with Crippen molar-refractivity contribution in [2.24, 2.45) is 0 Å². The molecule has 3 heterocycles. The van der Waals surface area contributed by atoms with Crippen LogP contribution >= 0.6 is 0 Å². The van der Waals surface area contributed by atoms with Gasteiger partial charge in [-0.15, -0.1) is 14.8 Å². The molecule has 0 spiro atoms. The van der Waals surface area contributed by atoms with E-state index < -0.39 is 5.60 Å². The standard InChI is InChI=1S/C10H14N6O/c1-10(17)5-2-6-15(7-10)9-4-3-8-11-13-14-16(8)12-9/h3-4,17H,2,5-7H2,1H3. The van der Waals surface area contributed by atoms with E-state index in [4.69, 9.17) is 0 Å². The van der Waals surface area contributed by atoms with Crippen molar-refractivity contribution in [3.63, 3.8) is 0 Å². The van der Waals surface area contributed by atoms with Gasteiger partial charge in [-0.1, -0.05) is 0 Å². The van der Waals surface area contributed by atoms with E-state index >= 15 is 0 Å². The average molecular weight is 234 g/mol. The predicted octanol–water partition coefficient (Wildman–Crippen LogP) is -0.130. The molecule has 0 amide bonds. The maximum Gasteiger partial charge on any atom is 0.200 e. The summed E-state index contributed by atoms with van der Waals surface area (Å²) in [5, 5.41) is 25.5. The van der Waals surface area contributed by atoms with Crippen LogP contribution in [0.4, 0.5) is 5.82 Å². The molecule has 0 bridgehead atoms. The van der Waals surface area contributed by atoms with Gasteiger partial charge in [0.05, 0.1) is 5.60 Å². The van der Waals surface area contributed by atoms with Gasteiger partial charge in [-0.05, 0) is 42.3 Å². The molecule has 7 heteroatoms. The van der Waals surface area contributed by atoms with Crippen LogP contribution in [-0.2, 0) is 0 Å². The first-order valence-corrected chi connectivity index (χ1v) is 5.67. The molecule has 2 aromatic rings. The molecule has 1 aliphatic heterocycles. The fourth-order valence-corrected chi connectivity index (χ4v) is 2.22. The Morgan fingerprint density at radius 3 is 3.12 bits per heavy atom. The fraction of sp³-hybridized carbons (Fsp3) is 0.600. The maximum absolute atomic E-state index is 10.1. The Balaban J connectivity index is 1.92. The van der Waals surface area contributed by atoms with Crippen LogP contribution in [0, 0.1) is 0 Å². The van der Waals surface area contributed by atoms with Gasteiger partial charge in [0.15, 0.2) is 11.5 Å². The Kier molecular flexibility index (Phi) is 2.22. The number of β-amino-alcohol motifs (C(OH)–C–C–N with tert-alkyl or cyclic N) is 1. The summed E-state index contributed by atoms with van der Waals surface area (Å²) >= 11 is 0. The molecule has 1 aliphatic rings. The minimum absolute atomic E-state index is 0.591. The lowest BCUT2D eigenvalue weighted by Crippen LogP contribution is -2.46. The highest BCUT2D eigenvalue weighted by Gasteiger charge is 2.29. The molecule has 0 saturated carbocycles. The van der Waals surface area contributed by atoms with Crippen LogP contribution in [0.1, 0.15) is 19.8 Å². The van der Waals surface area contributed by atoms with E-state index in [1.165, 1.54) is 4.63 Å². The lowest BCUT2D eigenvalue weighted by atomic mass is 9.95. The third kappa shape index (κ3) is 1.93. The van der Waals surface area contributed by atoms with E-state index in [1.54, 1.807) is 0 Å². The van der Waals surface area contributed by atoms with Gasteiger partial charge in [-0.25, -0.2) is 0 Å². The second kappa shape index (κ2) is 3.63. The van der Waals surface area contributed by atoms with Gasteiger partial charge in [0.2, 0.25) is 0 Å². The Hall–Kier alpha value is -1.76. The molecule has 17 heavy (non-hydrogen) atoms. The summed E-state index contributed by atoms with van der Waals surface area (Å²) in [6.45, 7) is 3.35. The number of tetrazole rings is 1. The summed E-state index contributed by atoms with van der Waals surface area (Å²) in [6.07, 6.45) is 1.79. The zero-order chi connectivity index (χ0) is 11.9. The topological polar surface area (TPSA) is 79.4 Å². The minimum Gasteiger partial charge on any atom is -0.388 e. The molecule has 1 unspecified atom stereocenters. The Labute approximate surface area is 98.0 Å². The van der Waals surface area contributed by atoms with Gasteiger partial charge in [-0.3, -0.25) is 0 Å². The van der Waals surface area contributed by atoms with Crippen LogP contribution in [0.15, 0.2) is 12.1 Å². The van der Waals surface area contributed by atoms with Crippen molar-refractivity contribution in [3.05, 3.63) is 12.1 Å². The van der Waals surface area contributed by atoms with Crippen molar-refractivity contribution in [2.45, 2.75) is 25.4 Å². The molecule has 0 radical (unpaired) electrons. The molecule has 1 atom stereocenters. The van der Waals surface area contributed by atoms with Crippen molar-refractivity contribution in [2.75, 3.05) is 18.0 Å². The van der Waals surface area contributed by atoms with Gasteiger partial charge in [0, 0.05) is 13.1 Å². The molecule has 2 aromatic heterocycles. The van der Waals surface area contributed by atoms with Crippen molar-refractivity contribution >= 4 is 11.5 Å². The van der Waals surface area contributed by atoms with Gasteiger partial charge in [0.1, 0.15) is 0 Å². The van der Waals surface area contributed by atoms with E-state index in [2.05, 4.69) is 25.5 Å². The number of rotatable bonds is 1. The first-order valence-electron chi connectivity index (χ1n) is 5.67. The van der Waals surface area contributed by atoms with Crippen LogP contribution in [-0.4, -0.2) is 49.1 Å². The Bertz CT molecular complexity index is 536. The smallest absolute Gasteiger partial charge is 0.200 e. The molecule has 1 N–H and O–H groups in total. The molecular weight excluding hydrogens is 220 g/mol. The maximum atomic E-state index is 10.1. The number of aliphatic hydroxyl groups is 1. The lowest BCUT2D eigenvalue weighted by molar-refractivity contribution is 0.0446. The van der Waals surface area contributed by atoms with Crippen molar-refractivity contribution in [3.8, 4) is 0 Å². The van der Waals surface area contributed by atoms with Crippen molar-refractivity contribution < 1.29 is 5.11 Å². The van der Waals surface area contributed by atoms with E-state index in [1.807, 2.05) is 19.1 Å². The first kappa shape index (κ1) is 10.4. The van der Waals surface area contributed by atoms with Crippen LogP contribution in [0.2, 0.25) is 0 Å². The van der Waals surface area contributed by atoms with E-state index in [0.717, 1.165) is 25.2 Å². The molecule has 0 aliphatic carbocycles. The number of anilines is 1. The minimum atomic E-state index is -0.643. The summed E-state index contributed by atoms with van der Waals surface area (Å²) in [5.74, 6) is 0.796. The molecule has 7 nitrogen and oxygen atoms in total. The summed E-state index contributed by atoms with van der Waals surface area (Å²) in [7, 11) is 0. The average Bonchev–Trinajstić information content (AvgIpc) is 2.74. The Morgan fingerprint density at radius 2 is 2.29 bits per heavy atom. The lowest BCUT2D eigenvalue weighted by Gasteiger charge is -2.37. The van der Waals surface area contributed by atoms with Crippen molar-refractivity contribution in [1.82, 2.24) is 25.3 Å². The summed E-state index contributed by atoms with van der Waals surface area (Å²) in [5.41, 5.74) is -0.0206. The third-order valence-corrected chi connectivity index (χ3v) is 3.05. The van der Waals surface area contributed by atoms with Gasteiger partial charge < -0.3 is 10.0 Å². The van der Waals surface area contributed by atoms with Gasteiger partial charge in [0.25, 0.3) is 0 Å². The number of hydrogen-bond donors (Lipinski definition) is 1. The highest BCUT2D eigenvalue weighted by molar-refractivity contribution is 5.44. The highest BCUT2D eigenvalue weighted by atomic mass is 16.3. The van der Waals surface area contributed by atoms with Crippen LogP contribution in [0.5, 0.6) is 0 Å². The molecule has 3 rings (SSSR count). The van der Waals surface area contributed by atoms with Crippen LogP contribution in [0.3, 0.4) is 0 Å². The van der Waals surface area contributed by atoms with Crippen LogP contribution in [0.25, 0.3) is 5.65 Å². The number of aromatic nitrogens is 5. The number of piperidine rings is 1. The van der Waals surface area contributed by atoms with Crippen molar-refractivity contribution in [1.29, 1.82) is 0 Å². The summed E-state index contributed by atoms with van der Waals surface area (Å²) < 4.78 is 1.40. The quantitative estimate of drug-likeness (QED) is 0.740. The van der Waals surface area contributed by atoms with Gasteiger partial charge in [-0.2, -0.15) is 0 Å². The predicted molar refractivity (Wildman–Crippen MR) is 60.6 cm³/mol. The molecule has 1 fully saturated rings. The molecule has 0 aromatic carbocycles. The molecular formula is C10H14N6O. The SMILES string of the molecule is CC1(O)CCCN(c2ccc3nnnn3n2)C1. The largest absolute Gasteiger partial charge is 0.388 e. The monoisotopic (exact) mass is 234 g/mol. The first-order chi connectivity index (χ1) is 8.14. The van der Waals surface area contributed by atoms with E-state index in [-0.39, 0.29) is 0 Å². The Morgan fingerprint density at radius 1 is 1.41 bits per heavy atom. The zero-order valence-corrected chi connectivity index (χ0v) is 9.61. The summed E-state index contributed by atoms with van der Waals surface area (Å²) in [6, 6.07) is 3.71. The fourth-order valence-electron chi connectivity index (χ4n) is 2.22. The van der Waals surface area contributed by atoms with E-state index in [0.29, 0.717) is 12.2 Å². The highest BCUT2D eigenvalue weighted by Crippen LogP contribution is 2.23. The second-order valence-corrected chi connectivity index (χ2v) is 4.74. The van der Waals surface area contributed by atoms with Crippen LogP contribution < -0.4 is 4.90 Å². The molecule has 90 valence electrons. The third-order valence-electron chi connectivity index (χ3n) is 3.05. The summed E-state index contributed by atoms with van der Waals surface area (Å²) in [4.78, 5) is 2.06. The number of nitrogens with zero attached hydrogens (tertiary/aromatic N) is 6. The number of fused-ring (bicyclic) bond motifs is 1. The number of hydrogen-bond acceptors (Lipinski definition) is 6. The zero-order valence-electron chi connectivity index (χ0n) is 9.61. The van der Waals surface area contributed by atoms with Gasteiger partial charge >= 0.3 is 0 Å². The second-order valence-electron chi connectivity index (χ2n) is 4.74.